The van der Waals surface area contributed by atoms with Gasteiger partial charge in [0, 0.05) is 11.0 Å². The van der Waals surface area contributed by atoms with E-state index in [-0.39, 0.29) is 0 Å². The summed E-state index contributed by atoms with van der Waals surface area (Å²) in [6.45, 7) is 0. The molecular formula is C20H12Br2N4. The van der Waals surface area contributed by atoms with Gasteiger partial charge >= 0.3 is 0 Å². The van der Waals surface area contributed by atoms with Crippen LogP contribution in [0.2, 0.25) is 0 Å². The molecule has 26 heavy (non-hydrogen) atoms. The van der Waals surface area contributed by atoms with Crippen LogP contribution >= 0.6 is 31.9 Å². The summed E-state index contributed by atoms with van der Waals surface area (Å²) < 4.78 is 1.85. The Hall–Kier alpha value is -2.44. The first-order chi connectivity index (χ1) is 12.7. The van der Waals surface area contributed by atoms with Gasteiger partial charge in [0.15, 0.2) is 0 Å². The lowest BCUT2D eigenvalue weighted by Crippen LogP contribution is -1.80. The standard InChI is InChI=1S/C20H12Br2N4/c21-19-15-5-3-13(24-15)9-11-1-2-12(23-11)10-14-4-6-16(25-14)20(22)18-8-7-17(19)26-18/h1-10,24-25H. The predicted octanol–water partition coefficient (Wildman–Crippen LogP) is 6.18. The quantitative estimate of drug-likeness (QED) is 0.285. The SMILES string of the molecule is Brc1c2nc(c(Br)c3ccc(cc4nc(cc5ccc1[nH]5)C=C4)[nH]3)C=C2. The number of aromatic amines is 2. The molecule has 0 aromatic carbocycles. The van der Waals surface area contributed by atoms with Gasteiger partial charge in [-0.1, -0.05) is 0 Å². The van der Waals surface area contributed by atoms with Gasteiger partial charge in [0.1, 0.15) is 0 Å². The molecular weight excluding hydrogens is 456 g/mol. The van der Waals surface area contributed by atoms with Crippen LogP contribution in [0.15, 0.2) is 45.3 Å². The number of aromatic nitrogens is 4. The average Bonchev–Trinajstić information content (AvgIpc) is 3.41. The second-order valence-corrected chi connectivity index (χ2v) is 7.67. The Morgan fingerprint density at radius 1 is 0.615 bits per heavy atom. The highest BCUT2D eigenvalue weighted by atomic mass is 79.9. The number of halogens is 2. The van der Waals surface area contributed by atoms with E-state index in [2.05, 4.69) is 46.8 Å². The van der Waals surface area contributed by atoms with Gasteiger partial charge in [0.25, 0.3) is 0 Å². The molecule has 5 heterocycles. The first kappa shape index (κ1) is 15.8. The molecule has 3 aromatic heterocycles. The van der Waals surface area contributed by atoms with Gasteiger partial charge in [-0.25, -0.2) is 9.97 Å². The van der Waals surface area contributed by atoms with Gasteiger partial charge in [-0.15, -0.1) is 0 Å². The number of rotatable bonds is 0. The summed E-state index contributed by atoms with van der Waals surface area (Å²) in [5, 5.41) is 0. The molecule has 2 aliphatic rings. The van der Waals surface area contributed by atoms with Gasteiger partial charge in [-0.2, -0.15) is 0 Å². The van der Waals surface area contributed by atoms with Crippen LogP contribution in [0, 0.1) is 0 Å². The number of hydrogen-bond acceptors (Lipinski definition) is 2. The van der Waals surface area contributed by atoms with Gasteiger partial charge < -0.3 is 9.97 Å². The zero-order valence-corrected chi connectivity index (χ0v) is 16.6. The summed E-state index contributed by atoms with van der Waals surface area (Å²) >= 11 is 7.35. The summed E-state index contributed by atoms with van der Waals surface area (Å²) in [5.41, 5.74) is 7.54. The predicted molar refractivity (Wildman–Crippen MR) is 114 cm³/mol. The van der Waals surface area contributed by atoms with E-state index in [4.69, 9.17) is 4.98 Å². The van der Waals surface area contributed by atoms with Crippen LogP contribution in [0.1, 0.15) is 22.8 Å². The Balaban J connectivity index is 1.91. The third-order valence-corrected chi connectivity index (χ3v) is 5.94. The summed E-state index contributed by atoms with van der Waals surface area (Å²) in [6, 6.07) is 12.2. The van der Waals surface area contributed by atoms with Crippen molar-refractivity contribution in [3.63, 3.8) is 0 Å². The molecule has 3 aromatic rings. The highest BCUT2D eigenvalue weighted by Crippen LogP contribution is 2.28. The monoisotopic (exact) mass is 466 g/mol. The molecule has 5 rings (SSSR count). The van der Waals surface area contributed by atoms with Crippen LogP contribution in [0.25, 0.3) is 46.4 Å². The van der Waals surface area contributed by atoms with E-state index in [0.29, 0.717) is 0 Å². The molecule has 0 radical (unpaired) electrons. The van der Waals surface area contributed by atoms with Gasteiger partial charge in [-0.3, -0.25) is 0 Å². The maximum atomic E-state index is 4.74. The smallest absolute Gasteiger partial charge is 0.0801 e. The first-order valence-electron chi connectivity index (χ1n) is 8.07. The Morgan fingerprint density at radius 2 is 1.12 bits per heavy atom. The van der Waals surface area contributed by atoms with Gasteiger partial charge in [0.2, 0.25) is 0 Å². The van der Waals surface area contributed by atoms with Crippen molar-refractivity contribution in [2.75, 3.05) is 0 Å². The van der Waals surface area contributed by atoms with Crippen molar-refractivity contribution < 1.29 is 0 Å². The summed E-state index contributed by atoms with van der Waals surface area (Å²) in [6.07, 6.45) is 8.03. The van der Waals surface area contributed by atoms with E-state index < -0.39 is 0 Å². The lowest BCUT2D eigenvalue weighted by molar-refractivity contribution is 1.29. The first-order valence-corrected chi connectivity index (χ1v) is 9.66. The second-order valence-electron chi connectivity index (χ2n) is 6.08. The minimum atomic E-state index is 0.879. The molecule has 126 valence electrons. The highest BCUT2D eigenvalue weighted by Gasteiger charge is 2.09. The normalized spacial score (nSPS) is 12.7. The number of nitrogens with zero attached hydrogens (tertiary/aromatic N) is 2. The van der Waals surface area contributed by atoms with Crippen molar-refractivity contribution in [3.8, 4) is 0 Å². The number of nitrogens with one attached hydrogen (secondary N) is 2. The van der Waals surface area contributed by atoms with Crippen molar-refractivity contribution in [3.05, 3.63) is 68.1 Å². The van der Waals surface area contributed by atoms with Crippen LogP contribution in [0.3, 0.4) is 0 Å². The molecule has 0 fully saturated rings. The van der Waals surface area contributed by atoms with Crippen molar-refractivity contribution in [2.24, 2.45) is 0 Å². The lowest BCUT2D eigenvalue weighted by atomic mass is 10.3. The molecule has 0 spiro atoms. The van der Waals surface area contributed by atoms with Crippen molar-refractivity contribution in [2.45, 2.75) is 0 Å². The Kier molecular flexibility index (Phi) is 3.69. The van der Waals surface area contributed by atoms with E-state index in [1.165, 1.54) is 0 Å². The van der Waals surface area contributed by atoms with E-state index in [1.54, 1.807) is 0 Å². The van der Waals surface area contributed by atoms with Crippen LogP contribution in [-0.4, -0.2) is 19.9 Å². The van der Waals surface area contributed by atoms with Crippen LogP contribution < -0.4 is 0 Å². The Labute approximate surface area is 166 Å². The topological polar surface area (TPSA) is 57.4 Å². The molecule has 4 nitrogen and oxygen atoms in total. The molecule has 0 atom stereocenters. The summed E-state index contributed by atoms with van der Waals surface area (Å²) in [5.74, 6) is 0. The Bertz CT molecular complexity index is 1170. The third kappa shape index (κ3) is 2.75. The second kappa shape index (κ2) is 6.07. The maximum absolute atomic E-state index is 4.74. The largest absolute Gasteiger partial charge is 0.354 e. The van der Waals surface area contributed by atoms with Gasteiger partial charge in [-0.05, 0) is 92.6 Å². The third-order valence-electron chi connectivity index (χ3n) is 4.27. The lowest BCUT2D eigenvalue weighted by Gasteiger charge is -1.93. The van der Waals surface area contributed by atoms with Crippen molar-refractivity contribution >= 4 is 78.2 Å². The summed E-state index contributed by atoms with van der Waals surface area (Å²) in [4.78, 5) is 16.2. The molecule has 2 aliphatic heterocycles. The molecule has 0 amide bonds. The van der Waals surface area contributed by atoms with E-state index in [9.17, 15) is 0 Å². The minimum absolute atomic E-state index is 0.879. The minimum Gasteiger partial charge on any atom is -0.354 e. The number of H-pyrrole nitrogens is 2. The number of fused-ring (bicyclic) bond motifs is 8. The summed E-state index contributed by atoms with van der Waals surface area (Å²) in [7, 11) is 0. The van der Waals surface area contributed by atoms with E-state index in [1.807, 2.05) is 60.7 Å². The molecule has 0 unspecified atom stereocenters. The van der Waals surface area contributed by atoms with Crippen molar-refractivity contribution in [1.29, 1.82) is 0 Å². The van der Waals surface area contributed by atoms with E-state index in [0.717, 1.165) is 53.8 Å². The molecule has 0 aliphatic carbocycles. The van der Waals surface area contributed by atoms with E-state index >= 15 is 0 Å². The fourth-order valence-corrected chi connectivity index (χ4v) is 3.91. The zero-order valence-electron chi connectivity index (χ0n) is 13.4. The fourth-order valence-electron chi connectivity index (χ4n) is 3.00. The van der Waals surface area contributed by atoms with Crippen LogP contribution in [0.5, 0.6) is 0 Å². The van der Waals surface area contributed by atoms with Crippen LogP contribution in [0.4, 0.5) is 0 Å². The zero-order chi connectivity index (χ0) is 17.7. The Morgan fingerprint density at radius 3 is 1.62 bits per heavy atom. The molecule has 0 saturated carbocycles. The van der Waals surface area contributed by atoms with Crippen LogP contribution in [-0.2, 0) is 0 Å². The maximum Gasteiger partial charge on any atom is 0.0801 e. The van der Waals surface area contributed by atoms with Crippen molar-refractivity contribution in [1.82, 2.24) is 19.9 Å². The molecule has 6 heteroatoms. The average molecular weight is 468 g/mol. The molecule has 0 saturated heterocycles. The fraction of sp³-hybridized carbons (Fsp3) is 0. The molecule has 2 N–H and O–H groups in total. The highest BCUT2D eigenvalue weighted by molar-refractivity contribution is 9.11. The number of hydrogen-bond donors (Lipinski definition) is 2. The van der Waals surface area contributed by atoms with Gasteiger partial charge in [0.05, 0.1) is 42.8 Å². The molecule has 8 bridgehead atoms.